The number of hydrogen-bond donors (Lipinski definition) is 0. The molecule has 1 fully saturated rings. The van der Waals surface area contributed by atoms with E-state index >= 15 is 0 Å². The Kier molecular flexibility index (Phi) is 5.05. The van der Waals surface area contributed by atoms with Crippen molar-refractivity contribution in [3.05, 3.63) is 70.4 Å². The van der Waals surface area contributed by atoms with E-state index in [9.17, 15) is 9.59 Å². The summed E-state index contributed by atoms with van der Waals surface area (Å²) in [6, 6.07) is 13.8. The van der Waals surface area contributed by atoms with Crippen molar-refractivity contribution in [1.82, 2.24) is 4.90 Å². The maximum absolute atomic E-state index is 13.6. The summed E-state index contributed by atoms with van der Waals surface area (Å²) < 4.78 is 0. The van der Waals surface area contributed by atoms with Gasteiger partial charge in [-0.3, -0.25) is 9.59 Å². The van der Waals surface area contributed by atoms with Crippen LogP contribution in [0.3, 0.4) is 0 Å². The summed E-state index contributed by atoms with van der Waals surface area (Å²) >= 11 is 0. The van der Waals surface area contributed by atoms with Gasteiger partial charge in [0.1, 0.15) is 5.70 Å². The SMILES string of the molecule is Cc1ccc(C2=C(N3CCCC3)C(=O)N(c3ccc(C(C)(C)C)cc3)C2=O)cc1C. The maximum Gasteiger partial charge on any atom is 0.282 e. The summed E-state index contributed by atoms with van der Waals surface area (Å²) in [5, 5.41) is 0. The van der Waals surface area contributed by atoms with Gasteiger partial charge in [0, 0.05) is 13.1 Å². The topological polar surface area (TPSA) is 40.6 Å². The summed E-state index contributed by atoms with van der Waals surface area (Å²) in [6.07, 6.45) is 2.09. The van der Waals surface area contributed by atoms with Crippen LogP contribution >= 0.6 is 0 Å². The molecule has 2 aromatic carbocycles. The van der Waals surface area contributed by atoms with Crippen molar-refractivity contribution >= 4 is 23.1 Å². The maximum atomic E-state index is 13.6. The highest BCUT2D eigenvalue weighted by atomic mass is 16.2. The molecule has 2 amide bonds. The minimum Gasteiger partial charge on any atom is -0.366 e. The number of anilines is 1. The molecule has 2 heterocycles. The Hall–Kier alpha value is -2.88. The Bertz CT molecular complexity index is 1040. The zero-order chi connectivity index (χ0) is 21.6. The standard InChI is InChI=1S/C26H30N2O2/c1-17-8-9-19(16-18(17)2)22-23(27-14-6-7-15-27)25(30)28(24(22)29)21-12-10-20(11-13-21)26(3,4)5/h8-13,16H,6-7,14-15H2,1-5H3. The van der Waals surface area contributed by atoms with E-state index in [2.05, 4.69) is 32.6 Å². The van der Waals surface area contributed by atoms with Crippen molar-refractivity contribution in [3.8, 4) is 0 Å². The highest BCUT2D eigenvalue weighted by Gasteiger charge is 2.43. The van der Waals surface area contributed by atoms with Gasteiger partial charge in [0.05, 0.1) is 11.3 Å². The van der Waals surface area contributed by atoms with Crippen molar-refractivity contribution in [1.29, 1.82) is 0 Å². The Morgan fingerprint density at radius 2 is 1.43 bits per heavy atom. The van der Waals surface area contributed by atoms with Crippen LogP contribution in [0.15, 0.2) is 48.2 Å². The van der Waals surface area contributed by atoms with E-state index in [0.717, 1.165) is 37.1 Å². The first-order chi connectivity index (χ1) is 14.2. The molecule has 4 nitrogen and oxygen atoms in total. The second kappa shape index (κ2) is 7.42. The summed E-state index contributed by atoms with van der Waals surface area (Å²) in [7, 11) is 0. The van der Waals surface area contributed by atoms with Crippen LogP contribution in [0, 0.1) is 13.8 Å². The molecule has 0 saturated carbocycles. The van der Waals surface area contributed by atoms with E-state index in [1.807, 2.05) is 49.4 Å². The lowest BCUT2D eigenvalue weighted by Crippen LogP contribution is -2.34. The number of amides is 2. The van der Waals surface area contributed by atoms with Crippen LogP contribution in [-0.2, 0) is 15.0 Å². The van der Waals surface area contributed by atoms with Gasteiger partial charge < -0.3 is 4.90 Å². The van der Waals surface area contributed by atoms with Gasteiger partial charge in [0.15, 0.2) is 0 Å². The molecule has 0 aliphatic carbocycles. The minimum absolute atomic E-state index is 0.0150. The second-order valence-electron chi connectivity index (χ2n) is 9.46. The molecular formula is C26H30N2O2. The largest absolute Gasteiger partial charge is 0.366 e. The molecule has 0 unspecified atom stereocenters. The quantitative estimate of drug-likeness (QED) is 0.680. The zero-order valence-corrected chi connectivity index (χ0v) is 18.6. The van der Waals surface area contributed by atoms with Gasteiger partial charge in [-0.05, 0) is 66.5 Å². The van der Waals surface area contributed by atoms with Crippen LogP contribution in [0.25, 0.3) is 5.57 Å². The van der Waals surface area contributed by atoms with E-state index in [1.54, 1.807) is 0 Å². The van der Waals surface area contributed by atoms with Crippen molar-refractivity contribution < 1.29 is 9.59 Å². The number of benzene rings is 2. The van der Waals surface area contributed by atoms with E-state index in [-0.39, 0.29) is 17.2 Å². The van der Waals surface area contributed by atoms with Crippen LogP contribution in [0.2, 0.25) is 0 Å². The Balaban J connectivity index is 1.79. The van der Waals surface area contributed by atoms with E-state index in [0.29, 0.717) is 17.0 Å². The van der Waals surface area contributed by atoms with Crippen molar-refractivity contribution in [3.63, 3.8) is 0 Å². The Labute approximate surface area is 179 Å². The molecule has 0 spiro atoms. The molecule has 2 aliphatic heterocycles. The van der Waals surface area contributed by atoms with E-state index in [1.165, 1.54) is 16.0 Å². The summed E-state index contributed by atoms with van der Waals surface area (Å²) in [4.78, 5) is 30.6. The predicted octanol–water partition coefficient (Wildman–Crippen LogP) is 4.98. The third-order valence-electron chi connectivity index (χ3n) is 6.27. The van der Waals surface area contributed by atoms with Crippen LogP contribution in [-0.4, -0.2) is 29.8 Å². The lowest BCUT2D eigenvalue weighted by Gasteiger charge is -2.22. The van der Waals surface area contributed by atoms with Gasteiger partial charge in [-0.25, -0.2) is 4.90 Å². The smallest absolute Gasteiger partial charge is 0.282 e. The third kappa shape index (κ3) is 3.45. The molecule has 0 aromatic heterocycles. The lowest BCUT2D eigenvalue weighted by molar-refractivity contribution is -0.120. The normalized spacial score (nSPS) is 17.5. The molecule has 4 rings (SSSR count). The molecule has 0 atom stereocenters. The number of carbonyl (C=O) groups is 2. The third-order valence-corrected chi connectivity index (χ3v) is 6.27. The van der Waals surface area contributed by atoms with Crippen molar-refractivity contribution in [2.24, 2.45) is 0 Å². The molecule has 4 heteroatoms. The average Bonchev–Trinajstić information content (AvgIpc) is 3.30. The van der Waals surface area contributed by atoms with Crippen molar-refractivity contribution in [2.45, 2.75) is 52.9 Å². The molecule has 1 saturated heterocycles. The molecule has 156 valence electrons. The van der Waals surface area contributed by atoms with Gasteiger partial charge in [-0.15, -0.1) is 0 Å². The Morgan fingerprint density at radius 3 is 2.00 bits per heavy atom. The van der Waals surface area contributed by atoms with Gasteiger partial charge in [-0.1, -0.05) is 51.1 Å². The van der Waals surface area contributed by atoms with Gasteiger partial charge in [-0.2, -0.15) is 0 Å². The number of carbonyl (C=O) groups excluding carboxylic acids is 2. The first-order valence-corrected chi connectivity index (χ1v) is 10.7. The number of hydrogen-bond acceptors (Lipinski definition) is 3. The Morgan fingerprint density at radius 1 is 0.800 bits per heavy atom. The van der Waals surface area contributed by atoms with Crippen LogP contribution in [0.4, 0.5) is 5.69 Å². The molecule has 0 radical (unpaired) electrons. The highest BCUT2D eigenvalue weighted by Crippen LogP contribution is 2.37. The first kappa shape index (κ1) is 20.4. The first-order valence-electron chi connectivity index (χ1n) is 10.7. The molecular weight excluding hydrogens is 372 g/mol. The minimum atomic E-state index is -0.228. The molecule has 30 heavy (non-hydrogen) atoms. The number of aryl methyl sites for hydroxylation is 2. The number of likely N-dealkylation sites (tertiary alicyclic amines) is 1. The lowest BCUT2D eigenvalue weighted by atomic mass is 9.87. The second-order valence-corrected chi connectivity index (χ2v) is 9.46. The number of imide groups is 1. The van der Waals surface area contributed by atoms with E-state index < -0.39 is 0 Å². The molecule has 0 N–H and O–H groups in total. The summed E-state index contributed by atoms with van der Waals surface area (Å²) in [5.74, 6) is -0.438. The van der Waals surface area contributed by atoms with Crippen molar-refractivity contribution in [2.75, 3.05) is 18.0 Å². The molecule has 0 bridgehead atoms. The van der Waals surface area contributed by atoms with Crippen LogP contribution < -0.4 is 4.90 Å². The highest BCUT2D eigenvalue weighted by molar-refractivity contribution is 6.45. The number of nitrogens with zero attached hydrogens (tertiary/aromatic N) is 2. The fourth-order valence-corrected chi connectivity index (χ4v) is 4.25. The fourth-order valence-electron chi connectivity index (χ4n) is 4.25. The molecule has 2 aromatic rings. The monoisotopic (exact) mass is 402 g/mol. The summed E-state index contributed by atoms with van der Waals surface area (Å²) in [6.45, 7) is 12.2. The zero-order valence-electron chi connectivity index (χ0n) is 18.6. The molecule has 2 aliphatic rings. The number of rotatable bonds is 3. The van der Waals surface area contributed by atoms with Gasteiger partial charge in [0.25, 0.3) is 11.8 Å². The van der Waals surface area contributed by atoms with Crippen LogP contribution in [0.1, 0.15) is 55.9 Å². The predicted molar refractivity (Wildman–Crippen MR) is 121 cm³/mol. The van der Waals surface area contributed by atoms with E-state index in [4.69, 9.17) is 0 Å². The van der Waals surface area contributed by atoms with Gasteiger partial charge >= 0.3 is 0 Å². The summed E-state index contributed by atoms with van der Waals surface area (Å²) in [5.41, 5.74) is 6.03. The van der Waals surface area contributed by atoms with Gasteiger partial charge in [0.2, 0.25) is 0 Å². The average molecular weight is 403 g/mol. The fraction of sp³-hybridized carbons (Fsp3) is 0.385. The van der Waals surface area contributed by atoms with Crippen LogP contribution in [0.5, 0.6) is 0 Å².